The summed E-state index contributed by atoms with van der Waals surface area (Å²) >= 11 is 1.13. The summed E-state index contributed by atoms with van der Waals surface area (Å²) in [6.07, 6.45) is 1.58. The number of halogens is 1. The van der Waals surface area contributed by atoms with Gasteiger partial charge in [0.1, 0.15) is 16.2 Å². The second-order valence-corrected chi connectivity index (χ2v) is 11.0. The van der Waals surface area contributed by atoms with Crippen molar-refractivity contribution in [2.75, 3.05) is 43.4 Å². The van der Waals surface area contributed by atoms with Gasteiger partial charge in [0.15, 0.2) is 11.4 Å². The molecule has 1 aliphatic heterocycles. The van der Waals surface area contributed by atoms with Gasteiger partial charge in [0.05, 0.1) is 23.1 Å². The van der Waals surface area contributed by atoms with Crippen LogP contribution in [0.3, 0.4) is 0 Å². The maximum absolute atomic E-state index is 14.8. The van der Waals surface area contributed by atoms with Crippen LogP contribution in [0.5, 0.6) is 0 Å². The summed E-state index contributed by atoms with van der Waals surface area (Å²) in [5.41, 5.74) is 8.08. The second-order valence-electron chi connectivity index (χ2n) is 10.0. The summed E-state index contributed by atoms with van der Waals surface area (Å²) in [7, 11) is 0. The van der Waals surface area contributed by atoms with Crippen molar-refractivity contribution in [2.45, 2.75) is 26.0 Å². The molecule has 0 bridgehead atoms. The SMILES string of the molecule is CC(C)(O)c1ccc(N2CCN(CCn3c(=O)sc4c3nc(N)n3nc(-c5ccco5)cc43)CC2)c(F)c1. The molecule has 0 spiro atoms. The van der Waals surface area contributed by atoms with Crippen LogP contribution in [0.2, 0.25) is 0 Å². The molecule has 10 nitrogen and oxygen atoms in total. The van der Waals surface area contributed by atoms with Crippen molar-refractivity contribution in [3.8, 4) is 11.5 Å². The van der Waals surface area contributed by atoms with Gasteiger partial charge in [0, 0.05) is 39.3 Å². The average molecular weight is 538 g/mol. The Hall–Kier alpha value is -3.74. The number of nitrogens with two attached hydrogens (primary N) is 1. The number of furan rings is 1. The zero-order valence-corrected chi connectivity index (χ0v) is 21.9. The molecular weight excluding hydrogens is 509 g/mol. The minimum absolute atomic E-state index is 0.103. The first-order chi connectivity index (χ1) is 18.2. The van der Waals surface area contributed by atoms with E-state index >= 15 is 0 Å². The predicted molar refractivity (Wildman–Crippen MR) is 145 cm³/mol. The van der Waals surface area contributed by atoms with E-state index in [9.17, 15) is 14.3 Å². The van der Waals surface area contributed by atoms with Crippen LogP contribution in [-0.2, 0) is 12.1 Å². The fourth-order valence-electron chi connectivity index (χ4n) is 4.89. The normalized spacial score (nSPS) is 15.2. The molecule has 198 valence electrons. The summed E-state index contributed by atoms with van der Waals surface area (Å²) in [6.45, 7) is 7.20. The van der Waals surface area contributed by atoms with Crippen molar-refractivity contribution in [3.63, 3.8) is 0 Å². The lowest BCUT2D eigenvalue weighted by molar-refractivity contribution is 0.0782. The van der Waals surface area contributed by atoms with Crippen molar-refractivity contribution >= 4 is 38.8 Å². The third kappa shape index (κ3) is 4.34. The number of nitrogens with zero attached hydrogens (tertiary/aromatic N) is 6. The van der Waals surface area contributed by atoms with Crippen LogP contribution in [0.4, 0.5) is 16.0 Å². The van der Waals surface area contributed by atoms with Gasteiger partial charge in [-0.1, -0.05) is 17.4 Å². The van der Waals surface area contributed by atoms with Gasteiger partial charge in [-0.05, 0) is 49.7 Å². The number of hydrogen-bond acceptors (Lipinski definition) is 9. The van der Waals surface area contributed by atoms with E-state index in [0.717, 1.165) is 29.1 Å². The van der Waals surface area contributed by atoms with Crippen LogP contribution in [-0.4, -0.2) is 61.9 Å². The molecule has 0 aliphatic carbocycles. The molecule has 3 N–H and O–H groups in total. The minimum atomic E-state index is -1.09. The lowest BCUT2D eigenvalue weighted by Gasteiger charge is -2.36. The number of benzene rings is 1. The van der Waals surface area contributed by atoms with Gasteiger partial charge in [-0.25, -0.2) is 4.39 Å². The highest BCUT2D eigenvalue weighted by Gasteiger charge is 2.23. The molecule has 1 saturated heterocycles. The van der Waals surface area contributed by atoms with Crippen LogP contribution >= 0.6 is 11.3 Å². The van der Waals surface area contributed by atoms with E-state index in [1.165, 1.54) is 10.6 Å². The number of nitrogen functional groups attached to an aromatic ring is 1. The molecule has 0 radical (unpaired) electrons. The maximum Gasteiger partial charge on any atom is 0.309 e. The van der Waals surface area contributed by atoms with Gasteiger partial charge in [0.25, 0.3) is 0 Å². The van der Waals surface area contributed by atoms with Crippen molar-refractivity contribution in [3.05, 3.63) is 63.7 Å². The smallest absolute Gasteiger partial charge is 0.309 e. The molecule has 0 saturated carbocycles. The van der Waals surface area contributed by atoms with Gasteiger partial charge in [-0.3, -0.25) is 14.3 Å². The van der Waals surface area contributed by atoms with E-state index in [2.05, 4.69) is 15.0 Å². The zero-order valence-electron chi connectivity index (χ0n) is 21.1. The van der Waals surface area contributed by atoms with Gasteiger partial charge >= 0.3 is 4.87 Å². The Bertz CT molecular complexity index is 1680. The largest absolute Gasteiger partial charge is 0.463 e. The van der Waals surface area contributed by atoms with E-state index in [1.54, 1.807) is 42.9 Å². The molecule has 12 heteroatoms. The van der Waals surface area contributed by atoms with E-state index in [0.29, 0.717) is 60.0 Å². The first kappa shape index (κ1) is 24.6. The number of fused-ring (bicyclic) bond motifs is 3. The fourth-order valence-corrected chi connectivity index (χ4v) is 5.85. The second kappa shape index (κ2) is 9.22. The van der Waals surface area contributed by atoms with E-state index in [1.807, 2.05) is 17.0 Å². The van der Waals surface area contributed by atoms with Crippen LogP contribution in [0.25, 0.3) is 27.3 Å². The van der Waals surface area contributed by atoms with Gasteiger partial charge < -0.3 is 20.2 Å². The highest BCUT2D eigenvalue weighted by atomic mass is 32.1. The number of aliphatic hydroxyl groups is 1. The first-order valence-electron chi connectivity index (χ1n) is 12.4. The third-order valence-corrected chi connectivity index (χ3v) is 8.02. The number of anilines is 2. The number of thiazole rings is 1. The molecule has 0 amide bonds. The Morgan fingerprint density at radius 1 is 1.16 bits per heavy atom. The topological polar surface area (TPSA) is 118 Å². The Morgan fingerprint density at radius 3 is 2.63 bits per heavy atom. The molecule has 5 aromatic rings. The molecule has 1 fully saturated rings. The van der Waals surface area contributed by atoms with E-state index < -0.39 is 5.60 Å². The molecule has 0 unspecified atom stereocenters. The van der Waals surface area contributed by atoms with Crippen molar-refractivity contribution < 1.29 is 13.9 Å². The van der Waals surface area contributed by atoms with E-state index in [4.69, 9.17) is 10.2 Å². The molecule has 4 aromatic heterocycles. The van der Waals surface area contributed by atoms with Crippen LogP contribution in [0, 0.1) is 5.82 Å². The number of hydrogen-bond donors (Lipinski definition) is 2. The molecular formula is C26H28FN7O3S. The number of aromatic nitrogens is 4. The molecule has 1 aromatic carbocycles. The molecule has 6 rings (SSSR count). The first-order valence-corrected chi connectivity index (χ1v) is 13.2. The minimum Gasteiger partial charge on any atom is -0.463 e. The Morgan fingerprint density at radius 2 is 1.95 bits per heavy atom. The average Bonchev–Trinajstić information content (AvgIpc) is 3.62. The molecule has 5 heterocycles. The maximum atomic E-state index is 14.8. The summed E-state index contributed by atoms with van der Waals surface area (Å²) in [4.78, 5) is 21.6. The Labute approximate surface area is 221 Å². The number of piperazine rings is 1. The number of rotatable bonds is 6. The quantitative estimate of drug-likeness (QED) is 0.339. The molecule has 38 heavy (non-hydrogen) atoms. The van der Waals surface area contributed by atoms with Crippen LogP contribution in [0.15, 0.2) is 51.9 Å². The standard InChI is InChI=1S/C26H28FN7O3S/c1-26(2,36)16-5-6-19(17(27)14-16)32-10-7-31(8-11-32)9-12-33-23-22(38-25(33)35)20-15-18(21-4-3-13-37-21)30-34(20)24(28)29-23/h3-6,13-15,36H,7-12H2,1-2H3,(H2,28,29). The highest BCUT2D eigenvalue weighted by Crippen LogP contribution is 2.29. The Kier molecular flexibility index (Phi) is 5.97. The third-order valence-electron chi connectivity index (χ3n) is 7.03. The lowest BCUT2D eigenvalue weighted by Crippen LogP contribution is -2.47. The monoisotopic (exact) mass is 537 g/mol. The molecule has 0 atom stereocenters. The fraction of sp³-hybridized carbons (Fsp3) is 0.346. The summed E-state index contributed by atoms with van der Waals surface area (Å²) < 4.78 is 24.2. The van der Waals surface area contributed by atoms with Gasteiger partial charge in [-0.15, -0.1) is 0 Å². The van der Waals surface area contributed by atoms with E-state index in [-0.39, 0.29) is 16.6 Å². The lowest BCUT2D eigenvalue weighted by atomic mass is 9.98. The van der Waals surface area contributed by atoms with Gasteiger partial charge in [-0.2, -0.15) is 14.6 Å². The Balaban J connectivity index is 1.17. The van der Waals surface area contributed by atoms with Crippen LogP contribution in [0.1, 0.15) is 19.4 Å². The highest BCUT2D eigenvalue weighted by molar-refractivity contribution is 7.17. The van der Waals surface area contributed by atoms with Crippen molar-refractivity contribution in [2.24, 2.45) is 0 Å². The summed E-state index contributed by atoms with van der Waals surface area (Å²) in [5, 5.41) is 14.6. The molecule has 1 aliphatic rings. The zero-order chi connectivity index (χ0) is 26.6. The van der Waals surface area contributed by atoms with Crippen molar-refractivity contribution in [1.29, 1.82) is 0 Å². The summed E-state index contributed by atoms with van der Waals surface area (Å²) in [6, 6.07) is 10.4. The van der Waals surface area contributed by atoms with Crippen LogP contribution < -0.4 is 15.5 Å². The predicted octanol–water partition coefficient (Wildman–Crippen LogP) is 3.14. The van der Waals surface area contributed by atoms with Crippen molar-refractivity contribution in [1.82, 2.24) is 24.1 Å². The van der Waals surface area contributed by atoms with Gasteiger partial charge in [0.2, 0.25) is 5.95 Å². The summed E-state index contributed by atoms with van der Waals surface area (Å²) in [5.74, 6) is 0.475.